The van der Waals surface area contributed by atoms with Crippen molar-refractivity contribution in [1.29, 1.82) is 5.26 Å². The Labute approximate surface area is 189 Å². The van der Waals surface area contributed by atoms with Gasteiger partial charge in [-0.1, -0.05) is 61.0 Å². The van der Waals surface area contributed by atoms with E-state index in [1.807, 2.05) is 38.1 Å². The maximum atomic E-state index is 12.2. The number of nitrogen functional groups attached to an aromatic ring is 1. The van der Waals surface area contributed by atoms with Gasteiger partial charge in [0.25, 0.3) is 5.91 Å². The number of carbonyl (C=O) groups excluding carboxylic acids is 1. The summed E-state index contributed by atoms with van der Waals surface area (Å²) in [7, 11) is 0. The van der Waals surface area contributed by atoms with Crippen LogP contribution in [-0.4, -0.2) is 33.7 Å². The van der Waals surface area contributed by atoms with Gasteiger partial charge in [0.2, 0.25) is 0 Å². The number of nitrogens with zero attached hydrogens (tertiary/aromatic N) is 4. The molecule has 0 saturated heterocycles. The van der Waals surface area contributed by atoms with Crippen LogP contribution >= 0.6 is 0 Å². The molecule has 4 N–H and O–H groups in total. The van der Waals surface area contributed by atoms with Crippen molar-refractivity contribution in [3.63, 3.8) is 0 Å². The van der Waals surface area contributed by atoms with Crippen LogP contribution in [0.4, 0.5) is 5.82 Å². The molecule has 3 rings (SSSR count). The molecular weight excluding hydrogens is 400 g/mol. The summed E-state index contributed by atoms with van der Waals surface area (Å²) in [6.45, 7) is 7.12. The largest absolute Gasteiger partial charge is 0.383 e. The Balaban J connectivity index is 1.89. The molecule has 2 aromatic carbocycles. The minimum absolute atomic E-state index is 0.200. The van der Waals surface area contributed by atoms with Gasteiger partial charge in [-0.25, -0.2) is 4.68 Å². The van der Waals surface area contributed by atoms with E-state index in [4.69, 9.17) is 11.5 Å². The van der Waals surface area contributed by atoms with E-state index in [0.717, 1.165) is 24.0 Å². The predicted octanol–water partition coefficient (Wildman–Crippen LogP) is 3.88. The second-order valence-electron chi connectivity index (χ2n) is 8.18. The number of nitrogens with two attached hydrogens (primary N) is 2. The molecule has 0 bridgehead atoms. The molecule has 166 valence electrons. The maximum absolute atomic E-state index is 12.2. The smallest absolute Gasteiger partial charge is 0.254 e. The lowest BCUT2D eigenvalue weighted by molar-refractivity contribution is 0.100. The molecule has 0 radical (unpaired) electrons. The van der Waals surface area contributed by atoms with Crippen molar-refractivity contribution in [2.24, 2.45) is 5.73 Å². The van der Waals surface area contributed by atoms with Crippen LogP contribution in [0.15, 0.2) is 48.5 Å². The highest BCUT2D eigenvalue weighted by Gasteiger charge is 2.24. The molecule has 32 heavy (non-hydrogen) atoms. The third-order valence-electron chi connectivity index (χ3n) is 5.45. The van der Waals surface area contributed by atoms with Crippen LogP contribution in [0.25, 0.3) is 11.3 Å². The van der Waals surface area contributed by atoms with E-state index in [1.165, 1.54) is 11.1 Å². The molecular formula is C25H30N6O. The molecule has 7 heteroatoms. The predicted molar refractivity (Wildman–Crippen MR) is 127 cm³/mol. The van der Waals surface area contributed by atoms with Gasteiger partial charge in [0.1, 0.15) is 17.1 Å². The van der Waals surface area contributed by atoms with Crippen molar-refractivity contribution >= 4 is 11.7 Å². The van der Waals surface area contributed by atoms with Crippen LogP contribution in [0, 0.1) is 18.4 Å². The van der Waals surface area contributed by atoms with Crippen molar-refractivity contribution in [2.45, 2.75) is 39.7 Å². The third kappa shape index (κ3) is 5.09. The highest BCUT2D eigenvalue weighted by atomic mass is 16.1. The fourth-order valence-electron chi connectivity index (χ4n) is 3.92. The number of aromatic nitrogens is 2. The Bertz CT molecular complexity index is 1130. The normalized spacial score (nSPS) is 11.7. The van der Waals surface area contributed by atoms with Gasteiger partial charge in [-0.15, -0.1) is 0 Å². The minimum Gasteiger partial charge on any atom is -0.383 e. The average Bonchev–Trinajstić information content (AvgIpc) is 3.11. The Morgan fingerprint density at radius 1 is 1.22 bits per heavy atom. The second-order valence-corrected chi connectivity index (χ2v) is 8.18. The fraction of sp³-hybridized carbons (Fsp3) is 0.320. The lowest BCUT2D eigenvalue weighted by Gasteiger charge is -2.20. The summed E-state index contributed by atoms with van der Waals surface area (Å²) in [5.74, 6) is -0.399. The molecule has 3 aromatic rings. The van der Waals surface area contributed by atoms with Gasteiger partial charge in [0.15, 0.2) is 6.19 Å². The molecule has 7 nitrogen and oxygen atoms in total. The lowest BCUT2D eigenvalue weighted by atomic mass is 10.0. The number of anilines is 1. The van der Waals surface area contributed by atoms with E-state index in [9.17, 15) is 10.1 Å². The van der Waals surface area contributed by atoms with Gasteiger partial charge in [0, 0.05) is 12.1 Å². The van der Waals surface area contributed by atoms with Crippen LogP contribution in [0.2, 0.25) is 0 Å². The highest BCUT2D eigenvalue weighted by Crippen LogP contribution is 2.30. The number of hydrogen-bond donors (Lipinski definition) is 2. The van der Waals surface area contributed by atoms with Crippen LogP contribution < -0.4 is 11.5 Å². The molecule has 0 spiro atoms. The summed E-state index contributed by atoms with van der Waals surface area (Å²) in [5, 5.41) is 14.0. The lowest BCUT2D eigenvalue weighted by Crippen LogP contribution is -2.27. The zero-order valence-corrected chi connectivity index (χ0v) is 18.9. The first-order chi connectivity index (χ1) is 15.3. The van der Waals surface area contributed by atoms with Crippen molar-refractivity contribution in [3.8, 4) is 17.5 Å². The molecule has 1 amide bonds. The number of carbonyl (C=O) groups is 1. The Kier molecular flexibility index (Phi) is 7.16. The Morgan fingerprint density at radius 3 is 2.53 bits per heavy atom. The molecule has 0 aliphatic rings. The molecule has 1 atom stereocenters. The standard InChI is InChI=1S/C25H30N6O/c1-4-12-30(16-26)15-18(3)31-24(27)22(25(28)32)23(29-31)21-10-8-19(9-11-21)14-20-7-5-6-17(2)13-20/h5-11,13,18H,4,12,14-15,27H2,1-3H3,(H2,28,32). The highest BCUT2D eigenvalue weighted by molar-refractivity contribution is 6.03. The van der Waals surface area contributed by atoms with Gasteiger partial charge in [0.05, 0.1) is 12.6 Å². The monoisotopic (exact) mass is 430 g/mol. The van der Waals surface area contributed by atoms with Gasteiger partial charge in [-0.2, -0.15) is 10.4 Å². The summed E-state index contributed by atoms with van der Waals surface area (Å²) in [6, 6.07) is 16.2. The summed E-state index contributed by atoms with van der Waals surface area (Å²) < 4.78 is 1.59. The number of nitriles is 1. The van der Waals surface area contributed by atoms with Crippen molar-refractivity contribution < 1.29 is 4.79 Å². The molecule has 0 saturated carbocycles. The Morgan fingerprint density at radius 2 is 1.94 bits per heavy atom. The van der Waals surface area contributed by atoms with Gasteiger partial charge in [-0.3, -0.25) is 4.79 Å². The van der Waals surface area contributed by atoms with Crippen molar-refractivity contribution in [2.75, 3.05) is 18.8 Å². The van der Waals surface area contributed by atoms with Crippen LogP contribution in [-0.2, 0) is 6.42 Å². The summed E-state index contributed by atoms with van der Waals surface area (Å²) in [6.07, 6.45) is 3.87. The van der Waals surface area contributed by atoms with Crippen molar-refractivity contribution in [1.82, 2.24) is 14.7 Å². The second kappa shape index (κ2) is 10.0. The molecule has 1 aromatic heterocycles. The first kappa shape index (κ1) is 22.9. The summed E-state index contributed by atoms with van der Waals surface area (Å²) >= 11 is 0. The van der Waals surface area contributed by atoms with E-state index < -0.39 is 5.91 Å². The number of rotatable bonds is 9. The van der Waals surface area contributed by atoms with Gasteiger partial charge in [-0.05, 0) is 37.8 Å². The molecule has 1 heterocycles. The Hall–Kier alpha value is -3.79. The van der Waals surface area contributed by atoms with E-state index in [2.05, 4.69) is 42.5 Å². The minimum atomic E-state index is -0.620. The zero-order valence-electron chi connectivity index (χ0n) is 18.9. The first-order valence-corrected chi connectivity index (χ1v) is 10.8. The van der Waals surface area contributed by atoms with Gasteiger partial charge >= 0.3 is 0 Å². The number of amides is 1. The quantitative estimate of drug-likeness (QED) is 0.395. The van der Waals surface area contributed by atoms with E-state index >= 15 is 0 Å². The average molecular weight is 431 g/mol. The zero-order chi connectivity index (χ0) is 23.3. The van der Waals surface area contributed by atoms with E-state index in [0.29, 0.717) is 18.8 Å². The topological polar surface area (TPSA) is 114 Å². The number of primary amides is 1. The van der Waals surface area contributed by atoms with Crippen LogP contribution in [0.3, 0.4) is 0 Å². The molecule has 0 aliphatic carbocycles. The fourth-order valence-corrected chi connectivity index (χ4v) is 3.92. The first-order valence-electron chi connectivity index (χ1n) is 10.8. The SMILES string of the molecule is CCCN(C#N)CC(C)n1nc(-c2ccc(Cc3cccc(C)c3)cc2)c(C(N)=O)c1N. The van der Waals surface area contributed by atoms with Gasteiger partial charge < -0.3 is 16.4 Å². The maximum Gasteiger partial charge on any atom is 0.254 e. The summed E-state index contributed by atoms with van der Waals surface area (Å²) in [5.41, 5.74) is 17.0. The van der Waals surface area contributed by atoms with Crippen LogP contribution in [0.5, 0.6) is 0 Å². The van der Waals surface area contributed by atoms with E-state index in [1.54, 1.807) is 9.58 Å². The third-order valence-corrected chi connectivity index (χ3v) is 5.45. The number of hydrogen-bond acceptors (Lipinski definition) is 5. The van der Waals surface area contributed by atoms with E-state index in [-0.39, 0.29) is 17.4 Å². The molecule has 0 fully saturated rings. The molecule has 1 unspecified atom stereocenters. The van der Waals surface area contributed by atoms with Crippen LogP contribution in [0.1, 0.15) is 53.4 Å². The molecule has 0 aliphatic heterocycles. The number of aryl methyl sites for hydroxylation is 1. The number of benzene rings is 2. The van der Waals surface area contributed by atoms with Crippen molar-refractivity contribution in [3.05, 3.63) is 70.8 Å². The summed E-state index contributed by atoms with van der Waals surface area (Å²) in [4.78, 5) is 13.9.